The second-order valence-electron chi connectivity index (χ2n) is 9.58. The Morgan fingerprint density at radius 2 is 1.43 bits per heavy atom. The van der Waals surface area contributed by atoms with E-state index in [9.17, 15) is 5.11 Å². The quantitative estimate of drug-likeness (QED) is 0.393. The van der Waals surface area contributed by atoms with Crippen molar-refractivity contribution in [2.24, 2.45) is 4.99 Å². The number of nitrogens with zero attached hydrogens (tertiary/aromatic N) is 1. The van der Waals surface area contributed by atoms with Gasteiger partial charge < -0.3 is 0 Å². The highest BCUT2D eigenvalue weighted by atomic mass is 32.2. The second kappa shape index (κ2) is 8.69. The predicted molar refractivity (Wildman–Crippen MR) is 128 cm³/mol. The highest BCUT2D eigenvalue weighted by Crippen LogP contribution is 2.38. The first-order chi connectivity index (χ1) is 14.1. The van der Waals surface area contributed by atoms with Crippen LogP contribution >= 0.6 is 11.8 Å². The average molecular weight is 417 g/mol. The van der Waals surface area contributed by atoms with Crippen molar-refractivity contribution in [1.29, 1.82) is 0 Å². The summed E-state index contributed by atoms with van der Waals surface area (Å²) in [6.07, 6.45) is 1.73. The van der Waals surface area contributed by atoms with Gasteiger partial charge in [0.15, 0.2) is 5.75 Å². The zero-order chi connectivity index (χ0) is 21.9. The van der Waals surface area contributed by atoms with E-state index in [4.69, 9.17) is 4.99 Å². The first-order valence-electron chi connectivity index (χ1n) is 10.3. The van der Waals surface area contributed by atoms with Gasteiger partial charge in [0.05, 0.1) is 5.69 Å². The van der Waals surface area contributed by atoms with E-state index >= 15 is 0 Å². The van der Waals surface area contributed by atoms with E-state index in [2.05, 4.69) is 65.8 Å². The average Bonchev–Trinajstić information content (AvgIpc) is 2.67. The van der Waals surface area contributed by atoms with Crippen LogP contribution in [0.2, 0.25) is 0 Å². The van der Waals surface area contributed by atoms with E-state index in [1.807, 2.05) is 42.5 Å². The van der Waals surface area contributed by atoms with Crippen molar-refractivity contribution >= 4 is 23.7 Å². The molecule has 30 heavy (non-hydrogen) atoms. The Labute approximate surface area is 185 Å². The minimum absolute atomic E-state index is 0.0443. The van der Waals surface area contributed by atoms with Crippen LogP contribution in [0.4, 0.5) is 5.69 Å². The number of benzene rings is 3. The van der Waals surface area contributed by atoms with Crippen LogP contribution in [0.25, 0.3) is 0 Å². The Hall–Kier alpha value is -2.52. The summed E-state index contributed by atoms with van der Waals surface area (Å²) < 4.78 is 0. The van der Waals surface area contributed by atoms with Gasteiger partial charge in [-0.15, -0.1) is 0 Å². The van der Waals surface area contributed by atoms with Crippen LogP contribution in [-0.2, 0) is 15.9 Å². The van der Waals surface area contributed by atoms with Crippen LogP contribution in [-0.4, -0.2) is 6.21 Å². The van der Waals surface area contributed by atoms with Gasteiger partial charge in [0.2, 0.25) is 0 Å². The molecule has 0 N–H and O–H groups in total. The lowest BCUT2D eigenvalue weighted by molar-refractivity contribution is 0.339. The minimum atomic E-state index is -0.220. The van der Waals surface area contributed by atoms with E-state index in [1.165, 1.54) is 0 Å². The number of para-hydroxylation sites is 1. The largest absolute Gasteiger partial charge is 0.289 e. The summed E-state index contributed by atoms with van der Waals surface area (Å²) in [7, 11) is 0. The van der Waals surface area contributed by atoms with Gasteiger partial charge in [0, 0.05) is 27.1 Å². The summed E-state index contributed by atoms with van der Waals surface area (Å²) in [4.78, 5) is 6.96. The summed E-state index contributed by atoms with van der Waals surface area (Å²) >= 11 is 1.68. The third-order valence-corrected chi connectivity index (χ3v) is 6.04. The molecule has 0 unspecified atom stereocenters. The molecule has 0 fully saturated rings. The standard InChI is InChI=1S/C27H30NOS/c1-26(2,3)20-16-19(25(29)22(17-20)27(4,5)6)18-28-23-14-10-11-15-24(23)30-21-12-8-7-9-13-21/h7-18H,1-6H3. The first kappa shape index (κ1) is 22.2. The molecule has 0 aliphatic carbocycles. The molecule has 155 valence electrons. The van der Waals surface area contributed by atoms with Gasteiger partial charge in [-0.05, 0) is 46.7 Å². The number of rotatable bonds is 4. The maximum Gasteiger partial charge on any atom is 0.191 e. The van der Waals surface area contributed by atoms with E-state index < -0.39 is 0 Å². The second-order valence-corrected chi connectivity index (χ2v) is 10.7. The lowest BCUT2D eigenvalue weighted by atomic mass is 9.79. The lowest BCUT2D eigenvalue weighted by Crippen LogP contribution is -2.17. The van der Waals surface area contributed by atoms with Gasteiger partial charge in [-0.25, -0.2) is 0 Å². The Balaban J connectivity index is 2.03. The maximum absolute atomic E-state index is 13.2. The van der Waals surface area contributed by atoms with Gasteiger partial charge >= 0.3 is 0 Å². The Morgan fingerprint density at radius 1 is 0.800 bits per heavy atom. The van der Waals surface area contributed by atoms with Crippen LogP contribution in [0.3, 0.4) is 0 Å². The molecule has 0 heterocycles. The van der Waals surface area contributed by atoms with Crippen LogP contribution in [0.1, 0.15) is 58.2 Å². The van der Waals surface area contributed by atoms with E-state index in [0.29, 0.717) is 5.56 Å². The summed E-state index contributed by atoms with van der Waals surface area (Å²) in [5.41, 5.74) is 3.24. The maximum atomic E-state index is 13.2. The first-order valence-corrected chi connectivity index (χ1v) is 11.1. The molecule has 0 saturated carbocycles. The van der Waals surface area contributed by atoms with Crippen molar-refractivity contribution < 1.29 is 5.11 Å². The number of hydrogen-bond acceptors (Lipinski definition) is 2. The molecule has 0 saturated heterocycles. The third-order valence-electron chi connectivity index (χ3n) is 4.97. The van der Waals surface area contributed by atoms with Crippen LogP contribution in [0, 0.1) is 0 Å². The smallest absolute Gasteiger partial charge is 0.191 e. The molecule has 1 radical (unpaired) electrons. The number of hydrogen-bond donors (Lipinski definition) is 0. The van der Waals surface area contributed by atoms with Crippen molar-refractivity contribution in [3.8, 4) is 5.75 Å². The molecular formula is C27H30NOS. The molecule has 0 atom stereocenters. The summed E-state index contributed by atoms with van der Waals surface area (Å²) in [6.45, 7) is 12.8. The molecule has 0 bridgehead atoms. The molecular weight excluding hydrogens is 386 g/mol. The van der Waals surface area contributed by atoms with Gasteiger partial charge in [-0.3, -0.25) is 10.1 Å². The van der Waals surface area contributed by atoms with Crippen molar-refractivity contribution in [1.82, 2.24) is 0 Å². The molecule has 3 heteroatoms. The molecule has 2 nitrogen and oxygen atoms in total. The van der Waals surface area contributed by atoms with Gasteiger partial charge in [-0.2, -0.15) is 0 Å². The molecule has 3 aromatic rings. The van der Waals surface area contributed by atoms with Gasteiger partial charge in [0.1, 0.15) is 0 Å². The molecule has 0 amide bonds. The zero-order valence-corrected chi connectivity index (χ0v) is 19.5. The normalized spacial score (nSPS) is 12.5. The molecule has 3 aromatic carbocycles. The Bertz CT molecular complexity index is 1040. The Kier molecular flexibility index (Phi) is 6.42. The fourth-order valence-corrected chi connectivity index (χ4v) is 4.06. The fraction of sp³-hybridized carbons (Fsp3) is 0.296. The predicted octanol–water partition coefficient (Wildman–Crippen LogP) is 8.33. The highest BCUT2D eigenvalue weighted by molar-refractivity contribution is 7.99. The van der Waals surface area contributed by atoms with Crippen molar-refractivity contribution in [3.63, 3.8) is 0 Å². The summed E-state index contributed by atoms with van der Waals surface area (Å²) in [5, 5.41) is 13.2. The van der Waals surface area contributed by atoms with Gasteiger partial charge in [0.25, 0.3) is 0 Å². The summed E-state index contributed by atoms with van der Waals surface area (Å²) in [5.74, 6) is 0.0624. The van der Waals surface area contributed by atoms with Crippen molar-refractivity contribution in [2.45, 2.75) is 62.2 Å². The van der Waals surface area contributed by atoms with E-state index in [0.717, 1.165) is 26.6 Å². The minimum Gasteiger partial charge on any atom is -0.289 e. The number of aliphatic imine (C=N–C) groups is 1. The summed E-state index contributed by atoms with van der Waals surface area (Å²) in [6, 6.07) is 22.4. The molecule has 0 aliphatic heterocycles. The van der Waals surface area contributed by atoms with Crippen molar-refractivity contribution in [2.75, 3.05) is 0 Å². The fourth-order valence-electron chi connectivity index (χ4n) is 3.14. The zero-order valence-electron chi connectivity index (χ0n) is 18.7. The molecule has 0 spiro atoms. The molecule has 3 rings (SSSR count). The van der Waals surface area contributed by atoms with Crippen LogP contribution in [0.5, 0.6) is 5.75 Å². The lowest BCUT2D eigenvalue weighted by Gasteiger charge is -2.26. The third kappa shape index (κ3) is 5.34. The molecule has 0 aliphatic rings. The van der Waals surface area contributed by atoms with Crippen LogP contribution < -0.4 is 0 Å². The van der Waals surface area contributed by atoms with E-state index in [1.54, 1.807) is 18.0 Å². The monoisotopic (exact) mass is 416 g/mol. The topological polar surface area (TPSA) is 32.3 Å². The van der Waals surface area contributed by atoms with Gasteiger partial charge in [-0.1, -0.05) is 89.7 Å². The van der Waals surface area contributed by atoms with Crippen LogP contribution in [0.15, 0.2) is 81.5 Å². The Morgan fingerprint density at radius 3 is 2.07 bits per heavy atom. The SMILES string of the molecule is CC(C)(C)c1cc(C=Nc2ccccc2Sc2ccccc2)c([O])c(C(C)(C)C)c1. The molecule has 0 aromatic heterocycles. The highest BCUT2D eigenvalue weighted by Gasteiger charge is 2.25. The van der Waals surface area contributed by atoms with Crippen molar-refractivity contribution in [3.05, 3.63) is 83.4 Å². The van der Waals surface area contributed by atoms with E-state index in [-0.39, 0.29) is 16.6 Å².